The third kappa shape index (κ3) is 8.20. The maximum Gasteiger partial charge on any atom is 0.341 e. The number of aryl methyl sites for hydroxylation is 2. The number of anilines is 1. The summed E-state index contributed by atoms with van der Waals surface area (Å²) in [6.45, 7) is 3.79. The number of carbonyl (C=O) groups excluding carboxylic acids is 1. The molecule has 4 rings (SSSR count). The van der Waals surface area contributed by atoms with Crippen molar-refractivity contribution in [3.8, 4) is 23.5 Å². The maximum atomic E-state index is 13.6. The van der Waals surface area contributed by atoms with Crippen molar-refractivity contribution in [1.29, 1.82) is 0 Å². The molecule has 208 valence electrons. The van der Waals surface area contributed by atoms with Crippen LogP contribution in [0.25, 0.3) is 0 Å². The molecule has 0 fully saturated rings. The smallest absolute Gasteiger partial charge is 0.341 e. The molecule has 7 nitrogen and oxygen atoms in total. The number of nitrogens with zero attached hydrogens (tertiary/aromatic N) is 2. The van der Waals surface area contributed by atoms with Gasteiger partial charge in [-0.15, -0.1) is 0 Å². The molecule has 41 heavy (non-hydrogen) atoms. The molecule has 0 saturated heterocycles. The predicted molar refractivity (Wildman–Crippen MR) is 158 cm³/mol. The molecule has 3 aromatic carbocycles. The van der Waals surface area contributed by atoms with Gasteiger partial charge in [0.25, 0.3) is 5.91 Å². The molecular weight excluding hydrogens is 516 g/mol. The van der Waals surface area contributed by atoms with Crippen molar-refractivity contribution in [3.05, 3.63) is 118 Å². The minimum atomic E-state index is -1.07. The monoisotopic (exact) mass is 548 g/mol. The highest BCUT2D eigenvalue weighted by Crippen LogP contribution is 2.27. The zero-order valence-corrected chi connectivity index (χ0v) is 23.1. The van der Waals surface area contributed by atoms with Crippen LogP contribution in [0, 0.1) is 18.8 Å². The van der Waals surface area contributed by atoms with E-state index in [2.05, 4.69) is 35.9 Å². The lowest BCUT2D eigenvalue weighted by Crippen LogP contribution is -2.30. The van der Waals surface area contributed by atoms with Crippen molar-refractivity contribution >= 4 is 17.6 Å². The first-order valence-electron chi connectivity index (χ1n) is 13.4. The Balaban J connectivity index is 1.54. The number of rotatable bonds is 10. The van der Waals surface area contributed by atoms with Gasteiger partial charge in [0, 0.05) is 29.1 Å². The number of amides is 1. The van der Waals surface area contributed by atoms with Gasteiger partial charge in [-0.25, -0.2) is 9.78 Å². The van der Waals surface area contributed by atoms with E-state index in [-0.39, 0.29) is 18.3 Å². The molecular formula is C34H32N2O5. The Morgan fingerprint density at radius 3 is 2.12 bits per heavy atom. The second-order valence-corrected chi connectivity index (χ2v) is 9.68. The van der Waals surface area contributed by atoms with Crippen molar-refractivity contribution in [3.63, 3.8) is 0 Å². The summed E-state index contributed by atoms with van der Waals surface area (Å²) in [5.74, 6) is 5.30. The highest BCUT2D eigenvalue weighted by molar-refractivity contribution is 6.06. The SMILES string of the molecule is CCCCc1ccc(C#Cc2ccc(CN(C(=O)c3ccc(O)nc3)c3ccc(OCC(=O)O)c(C)c3)cc2)cc1. The number of carbonyl (C=O) groups is 2. The molecule has 0 saturated carbocycles. The van der Waals surface area contributed by atoms with Gasteiger partial charge in [-0.1, -0.05) is 49.5 Å². The van der Waals surface area contributed by atoms with Gasteiger partial charge in [0.05, 0.1) is 12.1 Å². The predicted octanol–water partition coefficient (Wildman–Crippen LogP) is 6.15. The molecule has 1 amide bonds. The van der Waals surface area contributed by atoms with Gasteiger partial charge in [-0.3, -0.25) is 4.79 Å². The fraction of sp³-hybridized carbons (Fsp3) is 0.206. The number of ether oxygens (including phenoxy) is 1. The standard InChI is InChI=1S/C34H32N2O5/c1-3-4-5-25-6-8-26(9-7-25)10-11-27-12-14-28(15-13-27)22-36(34(40)29-16-19-32(37)35-21-29)30-17-18-31(24(2)20-30)41-23-33(38)39/h6-9,12-21H,3-5,22-23H2,1-2H3,(H,35,37)(H,38,39). The normalized spacial score (nSPS) is 10.4. The average molecular weight is 549 g/mol. The number of aromatic nitrogens is 1. The van der Waals surface area contributed by atoms with Crippen LogP contribution in [0.15, 0.2) is 85.1 Å². The summed E-state index contributed by atoms with van der Waals surface area (Å²) in [5.41, 5.74) is 5.64. The van der Waals surface area contributed by atoms with Crippen molar-refractivity contribution in [2.75, 3.05) is 11.5 Å². The molecule has 2 N–H and O–H groups in total. The molecule has 4 aromatic rings. The number of hydrogen-bond donors (Lipinski definition) is 2. The van der Waals surface area contributed by atoms with Gasteiger partial charge in [-0.2, -0.15) is 0 Å². The molecule has 0 aliphatic heterocycles. The number of benzene rings is 3. The lowest BCUT2D eigenvalue weighted by atomic mass is 10.1. The summed E-state index contributed by atoms with van der Waals surface area (Å²) in [6.07, 6.45) is 4.76. The highest BCUT2D eigenvalue weighted by atomic mass is 16.5. The Kier molecular flexibility index (Phi) is 9.74. The van der Waals surface area contributed by atoms with E-state index < -0.39 is 12.6 Å². The maximum absolute atomic E-state index is 13.6. The fourth-order valence-corrected chi connectivity index (χ4v) is 4.21. The van der Waals surface area contributed by atoms with Crippen LogP contribution in [0.2, 0.25) is 0 Å². The second-order valence-electron chi connectivity index (χ2n) is 9.68. The zero-order valence-electron chi connectivity index (χ0n) is 23.1. The molecule has 0 radical (unpaired) electrons. The summed E-state index contributed by atoms with van der Waals surface area (Å²) >= 11 is 0. The molecule has 0 aliphatic rings. The third-order valence-corrected chi connectivity index (χ3v) is 6.48. The van der Waals surface area contributed by atoms with Crippen LogP contribution in [-0.4, -0.2) is 33.7 Å². The Labute approximate surface area is 240 Å². The van der Waals surface area contributed by atoms with Crippen LogP contribution in [-0.2, 0) is 17.8 Å². The fourth-order valence-electron chi connectivity index (χ4n) is 4.21. The molecule has 0 spiro atoms. The molecule has 0 aliphatic carbocycles. The summed E-state index contributed by atoms with van der Waals surface area (Å²) in [6, 6.07) is 24.1. The van der Waals surface area contributed by atoms with Crippen molar-refractivity contribution in [2.24, 2.45) is 0 Å². The quantitative estimate of drug-likeness (QED) is 0.231. The number of aliphatic carboxylic acids is 1. The van der Waals surface area contributed by atoms with Gasteiger partial charge < -0.3 is 19.8 Å². The number of carboxylic acids is 1. The Morgan fingerprint density at radius 2 is 1.56 bits per heavy atom. The van der Waals surface area contributed by atoms with Crippen LogP contribution in [0.4, 0.5) is 5.69 Å². The average Bonchev–Trinajstić information content (AvgIpc) is 2.98. The van der Waals surface area contributed by atoms with Crippen LogP contribution >= 0.6 is 0 Å². The van der Waals surface area contributed by atoms with Gasteiger partial charge in [-0.05, 0) is 85.0 Å². The number of hydrogen-bond acceptors (Lipinski definition) is 5. The molecule has 0 bridgehead atoms. The van der Waals surface area contributed by atoms with E-state index in [0.29, 0.717) is 22.6 Å². The van der Waals surface area contributed by atoms with Crippen molar-refractivity contribution in [2.45, 2.75) is 39.7 Å². The van der Waals surface area contributed by atoms with Gasteiger partial charge in [0.15, 0.2) is 6.61 Å². The summed E-state index contributed by atoms with van der Waals surface area (Å²) in [7, 11) is 0. The van der Waals surface area contributed by atoms with Crippen molar-refractivity contribution in [1.82, 2.24) is 4.98 Å². The molecule has 1 heterocycles. The molecule has 0 atom stereocenters. The van der Waals surface area contributed by atoms with Gasteiger partial charge in [0.2, 0.25) is 5.88 Å². The number of aromatic hydroxyl groups is 1. The largest absolute Gasteiger partial charge is 0.493 e. The minimum absolute atomic E-state index is 0.173. The van der Waals surface area contributed by atoms with E-state index in [1.165, 1.54) is 36.7 Å². The van der Waals surface area contributed by atoms with E-state index in [0.717, 1.165) is 23.1 Å². The lowest BCUT2D eigenvalue weighted by molar-refractivity contribution is -0.139. The van der Waals surface area contributed by atoms with E-state index >= 15 is 0 Å². The van der Waals surface area contributed by atoms with Crippen molar-refractivity contribution < 1.29 is 24.5 Å². The van der Waals surface area contributed by atoms with Crippen LogP contribution in [0.1, 0.15) is 57.9 Å². The molecule has 7 heteroatoms. The molecule has 0 unspecified atom stereocenters. The second kappa shape index (κ2) is 13.8. The van der Waals surface area contributed by atoms with E-state index in [1.54, 1.807) is 30.0 Å². The van der Waals surface area contributed by atoms with E-state index in [9.17, 15) is 14.7 Å². The lowest BCUT2D eigenvalue weighted by Gasteiger charge is -2.24. The summed E-state index contributed by atoms with van der Waals surface area (Å²) < 4.78 is 5.35. The number of unbranched alkanes of at least 4 members (excludes halogenated alkanes) is 1. The Morgan fingerprint density at radius 1 is 0.902 bits per heavy atom. The van der Waals surface area contributed by atoms with E-state index in [4.69, 9.17) is 9.84 Å². The highest BCUT2D eigenvalue weighted by Gasteiger charge is 2.20. The first-order valence-corrected chi connectivity index (χ1v) is 13.4. The summed E-state index contributed by atoms with van der Waals surface area (Å²) in [5, 5.41) is 18.5. The minimum Gasteiger partial charge on any atom is -0.493 e. The Hall–Kier alpha value is -5.09. The van der Waals surface area contributed by atoms with Crippen LogP contribution in [0.3, 0.4) is 0 Å². The van der Waals surface area contributed by atoms with E-state index in [1.807, 2.05) is 36.4 Å². The first kappa shape index (κ1) is 28.9. The zero-order chi connectivity index (χ0) is 29.2. The van der Waals surface area contributed by atoms with Gasteiger partial charge in [0.1, 0.15) is 5.75 Å². The topological polar surface area (TPSA) is 100.0 Å². The number of carboxylic acid groups (broad SMARTS) is 1. The molecule has 1 aromatic heterocycles. The summed E-state index contributed by atoms with van der Waals surface area (Å²) in [4.78, 5) is 29.9. The first-order chi connectivity index (χ1) is 19.8. The third-order valence-electron chi connectivity index (χ3n) is 6.48. The van der Waals surface area contributed by atoms with Crippen LogP contribution in [0.5, 0.6) is 11.6 Å². The number of pyridine rings is 1. The van der Waals surface area contributed by atoms with Gasteiger partial charge >= 0.3 is 5.97 Å². The Bertz CT molecular complexity index is 1550. The van der Waals surface area contributed by atoms with Crippen LogP contribution < -0.4 is 9.64 Å².